The maximum atomic E-state index is 14.3. The number of primary amides is 1. The molecule has 0 radical (unpaired) electrons. The van der Waals surface area contributed by atoms with E-state index in [1.54, 1.807) is 19.2 Å². The Hall–Kier alpha value is -3.13. The van der Waals surface area contributed by atoms with Crippen molar-refractivity contribution in [3.8, 4) is 11.5 Å². The van der Waals surface area contributed by atoms with Gasteiger partial charge in [-0.1, -0.05) is 64.1 Å². The van der Waals surface area contributed by atoms with E-state index in [9.17, 15) is 4.39 Å². The van der Waals surface area contributed by atoms with Crippen LogP contribution in [0.3, 0.4) is 0 Å². The molecule has 38 heavy (non-hydrogen) atoms. The Kier molecular flexibility index (Phi) is 13.6. The quantitative estimate of drug-likeness (QED) is 0.221. The van der Waals surface area contributed by atoms with Crippen LogP contribution in [0.15, 0.2) is 36.7 Å². The molecule has 2 aromatic carbocycles. The van der Waals surface area contributed by atoms with E-state index in [4.69, 9.17) is 25.9 Å². The van der Waals surface area contributed by atoms with Gasteiger partial charge < -0.3 is 20.5 Å². The Morgan fingerprint density at radius 2 is 1.76 bits per heavy atom. The summed E-state index contributed by atoms with van der Waals surface area (Å²) in [6, 6.07) is 8.47. The summed E-state index contributed by atoms with van der Waals surface area (Å²) in [5, 5.41) is 3.78. The number of rotatable bonds is 8. The molecule has 1 amide bonds. The highest BCUT2D eigenvalue weighted by Gasteiger charge is 2.22. The number of ether oxygens (including phenoxy) is 2. The Morgan fingerprint density at radius 3 is 2.37 bits per heavy atom. The maximum absolute atomic E-state index is 14.3. The Labute approximate surface area is 230 Å². The minimum absolute atomic E-state index is 0.0468. The van der Waals surface area contributed by atoms with Crippen LogP contribution in [-0.4, -0.2) is 29.6 Å². The van der Waals surface area contributed by atoms with Crippen molar-refractivity contribution in [3.05, 3.63) is 47.5 Å². The lowest BCUT2D eigenvalue weighted by molar-refractivity contribution is -0.106. The summed E-state index contributed by atoms with van der Waals surface area (Å²) in [6.07, 6.45) is 11.7. The molecule has 208 valence electrons. The fourth-order valence-electron chi connectivity index (χ4n) is 4.17. The number of fused-ring (bicyclic) bond motifs is 1. The van der Waals surface area contributed by atoms with Crippen molar-refractivity contribution < 1.29 is 18.7 Å². The number of methoxy groups -OCH3 is 1. The summed E-state index contributed by atoms with van der Waals surface area (Å²) >= 11 is 5.90. The highest BCUT2D eigenvalue weighted by atomic mass is 35.5. The minimum atomic E-state index is -0.526. The molecule has 1 aliphatic rings. The molecule has 3 N–H and O–H groups in total. The number of hydrogen-bond acceptors (Lipinski definition) is 6. The Morgan fingerprint density at radius 1 is 1.11 bits per heavy atom. The highest BCUT2D eigenvalue weighted by Crippen LogP contribution is 2.37. The zero-order chi connectivity index (χ0) is 27.9. The summed E-state index contributed by atoms with van der Waals surface area (Å²) in [4.78, 5) is 17.2. The van der Waals surface area contributed by atoms with Gasteiger partial charge in [0.2, 0.25) is 6.41 Å². The molecule has 0 bridgehead atoms. The van der Waals surface area contributed by atoms with Gasteiger partial charge in [-0.05, 0) is 49.8 Å². The van der Waals surface area contributed by atoms with Gasteiger partial charge in [-0.3, -0.25) is 4.79 Å². The van der Waals surface area contributed by atoms with Crippen LogP contribution in [0.2, 0.25) is 5.02 Å². The van der Waals surface area contributed by atoms with Crippen molar-refractivity contribution in [3.63, 3.8) is 0 Å². The van der Waals surface area contributed by atoms with E-state index in [-0.39, 0.29) is 23.2 Å². The molecule has 0 saturated heterocycles. The number of benzene rings is 2. The van der Waals surface area contributed by atoms with Crippen LogP contribution in [-0.2, 0) is 4.79 Å². The van der Waals surface area contributed by atoms with Crippen molar-refractivity contribution >= 4 is 40.4 Å². The van der Waals surface area contributed by atoms with E-state index in [2.05, 4.69) is 41.8 Å². The topological polar surface area (TPSA) is 99.4 Å². The lowest BCUT2D eigenvalue weighted by atomic mass is 9.89. The van der Waals surface area contributed by atoms with Gasteiger partial charge in [0.1, 0.15) is 12.1 Å². The number of carbonyl (C=O) groups is 1. The Bertz CT molecular complexity index is 1140. The molecule has 4 rings (SSSR count). The molecule has 9 heteroatoms. The molecule has 7 nitrogen and oxygen atoms in total. The molecule has 1 aromatic heterocycles. The first-order valence-corrected chi connectivity index (χ1v) is 13.6. The number of carbonyl (C=O) groups excluding carboxylic acids is 1. The van der Waals surface area contributed by atoms with Crippen molar-refractivity contribution in [2.75, 3.05) is 12.4 Å². The zero-order valence-electron chi connectivity index (χ0n) is 22.8. The van der Waals surface area contributed by atoms with Gasteiger partial charge in [0, 0.05) is 11.5 Å². The normalized spacial score (nSPS) is 16.4. The number of amides is 1. The molecular weight excluding hydrogens is 507 g/mol. The average Bonchev–Trinajstić information content (AvgIpc) is 2.92. The number of nitrogens with two attached hydrogens (primary N) is 1. The molecule has 0 spiro atoms. The van der Waals surface area contributed by atoms with Crippen LogP contribution < -0.4 is 20.5 Å². The number of unbranched alkanes of at least 4 members (excludes halogenated alkanes) is 3. The van der Waals surface area contributed by atoms with Crippen molar-refractivity contribution in [2.24, 2.45) is 11.7 Å². The van der Waals surface area contributed by atoms with Gasteiger partial charge >= 0.3 is 0 Å². The van der Waals surface area contributed by atoms with E-state index >= 15 is 0 Å². The second-order valence-corrected chi connectivity index (χ2v) is 9.72. The van der Waals surface area contributed by atoms with Gasteiger partial charge in [-0.15, -0.1) is 0 Å². The van der Waals surface area contributed by atoms with Gasteiger partial charge in [0.15, 0.2) is 17.3 Å². The fourth-order valence-corrected chi connectivity index (χ4v) is 4.34. The second kappa shape index (κ2) is 16.7. The number of halogens is 2. The predicted octanol–water partition coefficient (Wildman–Crippen LogP) is 7.82. The molecule has 1 aliphatic carbocycles. The second-order valence-electron chi connectivity index (χ2n) is 9.31. The summed E-state index contributed by atoms with van der Waals surface area (Å²) < 4.78 is 26.1. The van der Waals surface area contributed by atoms with Crippen LogP contribution in [0, 0.1) is 11.7 Å². The first-order valence-electron chi connectivity index (χ1n) is 13.2. The van der Waals surface area contributed by atoms with Crippen molar-refractivity contribution in [1.82, 2.24) is 9.97 Å². The third-order valence-corrected chi connectivity index (χ3v) is 6.63. The molecule has 1 heterocycles. The smallest absolute Gasteiger partial charge is 0.204 e. The largest absolute Gasteiger partial charge is 0.493 e. The zero-order valence-corrected chi connectivity index (χ0v) is 23.6. The standard InChI is InChI=1S/C22H23ClFN3O2.C6H14.CH3NO/c1-13-6-8-14(9-7-13)29-20-10-15-18(11-19(20)28-2)25-12-26-22(15)27-17-5-3-4-16(23)21(17)24;1-3-5-6-4-2;2-1-3/h3-5,10-14H,6-9H2,1-2H3,(H,25,26,27);3-6H2,1-2H3;1H,(H2,2,3). The number of aromatic nitrogens is 2. The molecule has 0 aliphatic heterocycles. The Balaban J connectivity index is 0.000000490. The van der Waals surface area contributed by atoms with E-state index < -0.39 is 5.82 Å². The number of anilines is 2. The number of nitrogens with one attached hydrogen (secondary N) is 1. The van der Waals surface area contributed by atoms with E-state index in [0.29, 0.717) is 28.2 Å². The first-order chi connectivity index (χ1) is 18.4. The molecule has 1 saturated carbocycles. The van der Waals surface area contributed by atoms with Gasteiger partial charge in [-0.2, -0.15) is 0 Å². The van der Waals surface area contributed by atoms with E-state index in [1.807, 2.05) is 12.1 Å². The number of nitrogens with zero attached hydrogens (tertiary/aromatic N) is 2. The molecular formula is C29H40ClFN4O3. The molecule has 0 unspecified atom stereocenters. The van der Waals surface area contributed by atoms with Crippen molar-refractivity contribution in [1.29, 1.82) is 0 Å². The monoisotopic (exact) mass is 546 g/mol. The molecule has 0 atom stereocenters. The summed E-state index contributed by atoms with van der Waals surface area (Å²) in [7, 11) is 1.61. The molecule has 1 fully saturated rings. The lowest BCUT2D eigenvalue weighted by Crippen LogP contribution is -2.23. The van der Waals surface area contributed by atoms with Crippen LogP contribution in [0.1, 0.15) is 72.1 Å². The fraction of sp³-hybridized carbons (Fsp3) is 0.483. The summed E-state index contributed by atoms with van der Waals surface area (Å²) in [5.74, 6) is 1.95. The third-order valence-electron chi connectivity index (χ3n) is 6.34. The van der Waals surface area contributed by atoms with E-state index in [1.165, 1.54) is 38.1 Å². The van der Waals surface area contributed by atoms with Gasteiger partial charge in [0.25, 0.3) is 0 Å². The first kappa shape index (κ1) is 31.1. The highest BCUT2D eigenvalue weighted by molar-refractivity contribution is 6.31. The van der Waals surface area contributed by atoms with Crippen LogP contribution in [0.4, 0.5) is 15.9 Å². The van der Waals surface area contributed by atoms with E-state index in [0.717, 1.165) is 31.6 Å². The van der Waals surface area contributed by atoms with Crippen LogP contribution in [0.25, 0.3) is 10.9 Å². The van der Waals surface area contributed by atoms with Gasteiger partial charge in [0.05, 0.1) is 29.4 Å². The lowest BCUT2D eigenvalue weighted by Gasteiger charge is -2.27. The van der Waals surface area contributed by atoms with Crippen LogP contribution >= 0.6 is 11.6 Å². The van der Waals surface area contributed by atoms with Crippen molar-refractivity contribution in [2.45, 2.75) is 78.2 Å². The maximum Gasteiger partial charge on any atom is 0.204 e. The SMILES string of the molecule is CCCCCC.COc1cc2ncnc(Nc3cccc(Cl)c3F)c2cc1OC1CCC(C)CC1.NC=O. The summed E-state index contributed by atoms with van der Waals surface area (Å²) in [6.45, 7) is 6.74. The summed E-state index contributed by atoms with van der Waals surface area (Å²) in [5.41, 5.74) is 5.09. The average molecular weight is 547 g/mol. The third kappa shape index (κ3) is 9.31. The number of hydrogen-bond donors (Lipinski definition) is 2. The molecule has 3 aromatic rings. The predicted molar refractivity (Wildman–Crippen MR) is 153 cm³/mol. The van der Waals surface area contributed by atoms with Crippen LogP contribution in [0.5, 0.6) is 11.5 Å². The minimum Gasteiger partial charge on any atom is -0.493 e. The van der Waals surface area contributed by atoms with Gasteiger partial charge in [-0.25, -0.2) is 14.4 Å².